The second kappa shape index (κ2) is 14.0. The molecule has 1 saturated heterocycles. The van der Waals surface area contributed by atoms with Gasteiger partial charge in [-0.3, -0.25) is 14.5 Å². The van der Waals surface area contributed by atoms with Crippen LogP contribution in [0, 0.1) is 12.7 Å². The Labute approximate surface area is 243 Å². The molecule has 0 saturated carbocycles. The third-order valence-corrected chi connectivity index (χ3v) is 7.04. The quantitative estimate of drug-likeness (QED) is 0.274. The molecule has 0 aliphatic carbocycles. The van der Waals surface area contributed by atoms with Crippen molar-refractivity contribution in [3.63, 3.8) is 0 Å². The third-order valence-electron chi connectivity index (χ3n) is 7.04. The predicted molar refractivity (Wildman–Crippen MR) is 151 cm³/mol. The van der Waals surface area contributed by atoms with Gasteiger partial charge in [-0.05, 0) is 54.0 Å². The summed E-state index contributed by atoms with van der Waals surface area (Å²) in [6.07, 6.45) is 0.622. The normalized spacial score (nSPS) is 14.4. The molecule has 1 aliphatic rings. The molecule has 1 aliphatic heterocycles. The Morgan fingerprint density at radius 3 is 2.52 bits per heavy atom. The second-order valence-electron chi connectivity index (χ2n) is 10.1. The lowest BCUT2D eigenvalue weighted by molar-refractivity contribution is -0.142. The van der Waals surface area contributed by atoms with E-state index in [0.29, 0.717) is 36.7 Å². The Kier molecular flexibility index (Phi) is 9.67. The van der Waals surface area contributed by atoms with Crippen molar-refractivity contribution in [3.8, 4) is 11.6 Å². The van der Waals surface area contributed by atoms with Crippen LogP contribution in [0.2, 0.25) is 0 Å². The highest BCUT2D eigenvalue weighted by Gasteiger charge is 2.32. The average molecular weight is 576 g/mol. The number of aromatic nitrogens is 4. The topological polar surface area (TPSA) is 119 Å². The number of morpholine rings is 1. The Morgan fingerprint density at radius 2 is 1.81 bits per heavy atom. The van der Waals surface area contributed by atoms with Crippen LogP contribution in [0.1, 0.15) is 29.3 Å². The standard InChI is InChI=1S/C30H34FN7O4/c1-22-8-13-26(42-22)29-33-35-38(34-29)21-27(39)37(15-5-14-36-16-18-41-19-17-36)28(24-9-11-25(31)12-10-24)30(40)32-20-23-6-3-2-4-7-23/h2-4,6-13,28H,5,14-21H2,1H3,(H,32,40). The van der Waals surface area contributed by atoms with Crippen LogP contribution < -0.4 is 5.32 Å². The van der Waals surface area contributed by atoms with Crippen LogP contribution in [0.3, 0.4) is 0 Å². The molecule has 2 amide bonds. The van der Waals surface area contributed by atoms with Crippen molar-refractivity contribution in [2.24, 2.45) is 0 Å². The van der Waals surface area contributed by atoms with Gasteiger partial charge in [-0.15, -0.1) is 10.2 Å². The average Bonchev–Trinajstić information content (AvgIpc) is 3.66. The van der Waals surface area contributed by atoms with Gasteiger partial charge in [0.1, 0.15) is 24.2 Å². The number of furan rings is 1. The summed E-state index contributed by atoms with van der Waals surface area (Å²) >= 11 is 0. The number of nitrogens with zero attached hydrogens (tertiary/aromatic N) is 6. The summed E-state index contributed by atoms with van der Waals surface area (Å²) < 4.78 is 24.9. The molecule has 0 bridgehead atoms. The van der Waals surface area contributed by atoms with E-state index in [2.05, 4.69) is 25.6 Å². The highest BCUT2D eigenvalue weighted by atomic mass is 19.1. The molecule has 3 heterocycles. The summed E-state index contributed by atoms with van der Waals surface area (Å²) in [4.78, 5) is 32.6. The molecule has 1 N–H and O–H groups in total. The van der Waals surface area contributed by atoms with E-state index in [4.69, 9.17) is 9.15 Å². The lowest BCUT2D eigenvalue weighted by atomic mass is 10.0. The van der Waals surface area contributed by atoms with Crippen molar-refractivity contribution < 1.29 is 23.1 Å². The zero-order chi connectivity index (χ0) is 29.3. The minimum absolute atomic E-state index is 0.242. The molecule has 5 rings (SSSR count). The molecule has 12 heteroatoms. The van der Waals surface area contributed by atoms with Crippen molar-refractivity contribution >= 4 is 11.8 Å². The summed E-state index contributed by atoms with van der Waals surface area (Å²) in [5.74, 6) is 0.222. The fourth-order valence-electron chi connectivity index (χ4n) is 4.86. The molecular weight excluding hydrogens is 541 g/mol. The van der Waals surface area contributed by atoms with Gasteiger partial charge in [-0.2, -0.15) is 4.80 Å². The second-order valence-corrected chi connectivity index (χ2v) is 10.1. The maximum absolute atomic E-state index is 13.9. The molecule has 1 fully saturated rings. The van der Waals surface area contributed by atoms with Gasteiger partial charge in [0.2, 0.25) is 17.6 Å². The molecular formula is C30H34FN7O4. The van der Waals surface area contributed by atoms with Gasteiger partial charge in [0, 0.05) is 32.7 Å². The predicted octanol–water partition coefficient (Wildman–Crippen LogP) is 2.99. The first-order chi connectivity index (χ1) is 20.5. The van der Waals surface area contributed by atoms with Gasteiger partial charge >= 0.3 is 0 Å². The SMILES string of the molecule is Cc1ccc(-c2nnn(CC(=O)N(CCCN3CCOCC3)C(C(=O)NCc3ccccc3)c3ccc(F)cc3)n2)o1. The number of rotatable bonds is 12. The van der Waals surface area contributed by atoms with Crippen LogP contribution in [0.4, 0.5) is 4.39 Å². The summed E-state index contributed by atoms with van der Waals surface area (Å²) in [6.45, 7) is 5.82. The summed E-state index contributed by atoms with van der Waals surface area (Å²) in [5, 5.41) is 15.3. The molecule has 1 unspecified atom stereocenters. The van der Waals surface area contributed by atoms with E-state index in [1.165, 1.54) is 34.0 Å². The number of hydrogen-bond acceptors (Lipinski definition) is 8. The number of hydrogen-bond donors (Lipinski definition) is 1. The lowest BCUT2D eigenvalue weighted by Gasteiger charge is -2.33. The van der Waals surface area contributed by atoms with Gasteiger partial charge in [0.25, 0.3) is 0 Å². The highest BCUT2D eigenvalue weighted by molar-refractivity contribution is 5.88. The van der Waals surface area contributed by atoms with E-state index in [1.54, 1.807) is 12.1 Å². The number of tetrazole rings is 1. The van der Waals surface area contributed by atoms with E-state index in [1.807, 2.05) is 37.3 Å². The molecule has 0 spiro atoms. The Hall–Kier alpha value is -4.42. The molecule has 4 aromatic rings. The number of amides is 2. The smallest absolute Gasteiger partial charge is 0.247 e. The summed E-state index contributed by atoms with van der Waals surface area (Å²) in [5.41, 5.74) is 1.42. The molecule has 2 aromatic carbocycles. The van der Waals surface area contributed by atoms with Crippen molar-refractivity contribution in [2.45, 2.75) is 32.5 Å². The van der Waals surface area contributed by atoms with Crippen LogP contribution in [-0.2, 0) is 27.4 Å². The largest absolute Gasteiger partial charge is 0.458 e. The number of carbonyl (C=O) groups excluding carboxylic acids is 2. The zero-order valence-corrected chi connectivity index (χ0v) is 23.5. The monoisotopic (exact) mass is 575 g/mol. The molecule has 11 nitrogen and oxygen atoms in total. The maximum atomic E-state index is 13.9. The van der Waals surface area contributed by atoms with Crippen LogP contribution in [0.15, 0.2) is 71.1 Å². The van der Waals surface area contributed by atoms with Crippen molar-refractivity contribution in [1.82, 2.24) is 35.3 Å². The van der Waals surface area contributed by atoms with Gasteiger partial charge < -0.3 is 19.4 Å². The Balaban J connectivity index is 1.38. The molecule has 0 radical (unpaired) electrons. The zero-order valence-electron chi connectivity index (χ0n) is 23.5. The third kappa shape index (κ3) is 7.65. The van der Waals surface area contributed by atoms with Gasteiger partial charge in [-0.1, -0.05) is 42.5 Å². The fraction of sp³-hybridized carbons (Fsp3) is 0.367. The highest BCUT2D eigenvalue weighted by Crippen LogP contribution is 2.24. The van der Waals surface area contributed by atoms with Crippen LogP contribution in [-0.4, -0.2) is 81.2 Å². The van der Waals surface area contributed by atoms with E-state index < -0.39 is 11.9 Å². The van der Waals surface area contributed by atoms with Gasteiger partial charge in [0.05, 0.1) is 13.2 Å². The minimum Gasteiger partial charge on any atom is -0.458 e. The Bertz CT molecular complexity index is 1450. The summed E-state index contributed by atoms with van der Waals surface area (Å²) in [6, 6.07) is 17.7. The van der Waals surface area contributed by atoms with Gasteiger partial charge in [-0.25, -0.2) is 4.39 Å². The molecule has 42 heavy (non-hydrogen) atoms. The molecule has 220 valence electrons. The van der Waals surface area contributed by atoms with E-state index in [-0.39, 0.29) is 37.3 Å². The van der Waals surface area contributed by atoms with Crippen molar-refractivity contribution in [1.29, 1.82) is 0 Å². The molecule has 2 aromatic heterocycles. The van der Waals surface area contributed by atoms with E-state index in [9.17, 15) is 14.0 Å². The van der Waals surface area contributed by atoms with Crippen LogP contribution in [0.25, 0.3) is 11.6 Å². The summed E-state index contributed by atoms with van der Waals surface area (Å²) in [7, 11) is 0. The number of halogens is 1. The number of nitrogens with one attached hydrogen (secondary N) is 1. The Morgan fingerprint density at radius 1 is 1.05 bits per heavy atom. The van der Waals surface area contributed by atoms with Crippen molar-refractivity contribution in [2.75, 3.05) is 39.4 Å². The van der Waals surface area contributed by atoms with Gasteiger partial charge in [0.15, 0.2) is 5.76 Å². The number of aryl methyl sites for hydroxylation is 1. The van der Waals surface area contributed by atoms with Crippen LogP contribution >= 0.6 is 0 Å². The lowest BCUT2D eigenvalue weighted by Crippen LogP contribution is -2.46. The minimum atomic E-state index is -0.998. The van der Waals surface area contributed by atoms with Crippen LogP contribution in [0.5, 0.6) is 0 Å². The van der Waals surface area contributed by atoms with E-state index >= 15 is 0 Å². The maximum Gasteiger partial charge on any atom is 0.247 e. The number of benzene rings is 2. The number of carbonyl (C=O) groups is 2. The molecule has 1 atom stereocenters. The fourth-order valence-corrected chi connectivity index (χ4v) is 4.86. The first-order valence-electron chi connectivity index (χ1n) is 14.0. The first-order valence-corrected chi connectivity index (χ1v) is 14.0. The van der Waals surface area contributed by atoms with Crippen molar-refractivity contribution in [3.05, 3.63) is 89.4 Å². The van der Waals surface area contributed by atoms with E-state index in [0.717, 1.165) is 25.2 Å². The first kappa shape index (κ1) is 29.1. The number of ether oxygens (including phenoxy) is 1.